The van der Waals surface area contributed by atoms with Crippen LogP contribution in [0.1, 0.15) is 44.3 Å². The van der Waals surface area contributed by atoms with Gasteiger partial charge in [0.15, 0.2) is 0 Å². The van der Waals surface area contributed by atoms with E-state index in [1.165, 1.54) is 6.42 Å². The Labute approximate surface area is 126 Å². The predicted octanol–water partition coefficient (Wildman–Crippen LogP) is 2.06. The van der Waals surface area contributed by atoms with Crippen LogP contribution in [0.5, 0.6) is 0 Å². The van der Waals surface area contributed by atoms with Crippen molar-refractivity contribution < 1.29 is 4.79 Å². The van der Waals surface area contributed by atoms with Gasteiger partial charge in [0.2, 0.25) is 5.91 Å². The lowest BCUT2D eigenvalue weighted by molar-refractivity contribution is -0.123. The fourth-order valence-electron chi connectivity index (χ4n) is 3.09. The summed E-state index contributed by atoms with van der Waals surface area (Å²) in [6.45, 7) is 3.89. The Balaban J connectivity index is 1.45. The van der Waals surface area contributed by atoms with E-state index >= 15 is 0 Å². The highest BCUT2D eigenvalue weighted by atomic mass is 16.1. The van der Waals surface area contributed by atoms with Crippen molar-refractivity contribution in [1.29, 1.82) is 0 Å². The van der Waals surface area contributed by atoms with Gasteiger partial charge in [0.05, 0.1) is 0 Å². The molecule has 2 aliphatic rings. The number of carbonyl (C=O) groups excluding carboxylic acids is 1. The van der Waals surface area contributed by atoms with E-state index in [2.05, 4.69) is 20.2 Å². The van der Waals surface area contributed by atoms with Crippen molar-refractivity contribution in [3.63, 3.8) is 0 Å². The number of piperidine rings is 1. The van der Waals surface area contributed by atoms with Crippen molar-refractivity contribution >= 4 is 11.7 Å². The van der Waals surface area contributed by atoms with E-state index in [1.807, 2.05) is 19.2 Å². The first-order valence-electron chi connectivity index (χ1n) is 8.04. The molecule has 1 amide bonds. The van der Waals surface area contributed by atoms with E-state index < -0.39 is 0 Å². The zero-order chi connectivity index (χ0) is 14.7. The average molecular weight is 288 g/mol. The zero-order valence-electron chi connectivity index (χ0n) is 12.7. The Hall–Kier alpha value is -1.65. The summed E-state index contributed by atoms with van der Waals surface area (Å²) in [7, 11) is 0. The number of anilines is 1. The number of aryl methyl sites for hydroxylation is 1. The molecule has 114 valence electrons. The quantitative estimate of drug-likeness (QED) is 0.921. The van der Waals surface area contributed by atoms with E-state index in [-0.39, 0.29) is 5.91 Å². The number of nitrogens with zero attached hydrogens (tertiary/aromatic N) is 3. The molecule has 5 heteroatoms. The highest BCUT2D eigenvalue weighted by Crippen LogP contribution is 2.24. The van der Waals surface area contributed by atoms with Crippen LogP contribution in [-0.2, 0) is 4.79 Å². The van der Waals surface area contributed by atoms with Crippen molar-refractivity contribution in [3.05, 3.63) is 18.1 Å². The molecule has 0 unspecified atom stereocenters. The summed E-state index contributed by atoms with van der Waals surface area (Å²) < 4.78 is 0. The third-order valence-corrected chi connectivity index (χ3v) is 4.64. The van der Waals surface area contributed by atoms with Crippen LogP contribution in [0.25, 0.3) is 0 Å². The van der Waals surface area contributed by atoms with Gasteiger partial charge in [0.1, 0.15) is 11.6 Å². The lowest BCUT2D eigenvalue weighted by Crippen LogP contribution is -2.41. The van der Waals surface area contributed by atoms with Crippen LogP contribution in [0.2, 0.25) is 0 Å². The smallest absolute Gasteiger partial charge is 0.220 e. The minimum Gasteiger partial charge on any atom is -0.356 e. The largest absolute Gasteiger partial charge is 0.356 e. The van der Waals surface area contributed by atoms with Gasteiger partial charge in [-0.1, -0.05) is 0 Å². The Bertz CT molecular complexity index is 493. The molecule has 0 aromatic carbocycles. The second-order valence-corrected chi connectivity index (χ2v) is 6.29. The molecule has 1 saturated heterocycles. The Morgan fingerprint density at radius 3 is 2.71 bits per heavy atom. The molecule has 1 saturated carbocycles. The highest BCUT2D eigenvalue weighted by molar-refractivity contribution is 5.76. The Kier molecular flexibility index (Phi) is 4.36. The van der Waals surface area contributed by atoms with Crippen molar-refractivity contribution in [2.24, 2.45) is 5.92 Å². The van der Waals surface area contributed by atoms with Crippen LogP contribution in [0.4, 0.5) is 5.82 Å². The molecular formula is C16H24N4O. The van der Waals surface area contributed by atoms with E-state index in [0.29, 0.717) is 18.4 Å². The van der Waals surface area contributed by atoms with Gasteiger partial charge in [-0.15, -0.1) is 0 Å². The summed E-state index contributed by atoms with van der Waals surface area (Å²) in [5, 5.41) is 3.14. The van der Waals surface area contributed by atoms with Crippen LogP contribution in [0.15, 0.2) is 12.3 Å². The Morgan fingerprint density at radius 1 is 1.33 bits per heavy atom. The number of amides is 1. The molecule has 1 N–H and O–H groups in total. The molecule has 2 heterocycles. The van der Waals surface area contributed by atoms with Crippen LogP contribution in [0.3, 0.4) is 0 Å². The van der Waals surface area contributed by atoms with E-state index in [0.717, 1.165) is 50.4 Å². The third-order valence-electron chi connectivity index (χ3n) is 4.64. The topological polar surface area (TPSA) is 58.1 Å². The summed E-state index contributed by atoms with van der Waals surface area (Å²) in [5.41, 5.74) is 0. The highest BCUT2D eigenvalue weighted by Gasteiger charge is 2.24. The molecule has 5 nitrogen and oxygen atoms in total. The minimum absolute atomic E-state index is 0.246. The van der Waals surface area contributed by atoms with Crippen LogP contribution in [0, 0.1) is 12.8 Å². The van der Waals surface area contributed by atoms with Gasteiger partial charge in [-0.3, -0.25) is 4.79 Å². The summed E-state index contributed by atoms with van der Waals surface area (Å²) in [4.78, 5) is 22.9. The van der Waals surface area contributed by atoms with E-state index in [1.54, 1.807) is 0 Å². The monoisotopic (exact) mass is 288 g/mol. The SMILES string of the molecule is Cc1nccc(N2CCC(CC(=O)NC3CCC3)CC2)n1. The van der Waals surface area contributed by atoms with E-state index in [4.69, 9.17) is 0 Å². The molecular weight excluding hydrogens is 264 g/mol. The van der Waals surface area contributed by atoms with Gasteiger partial charge in [0, 0.05) is 31.7 Å². The van der Waals surface area contributed by atoms with Gasteiger partial charge in [0.25, 0.3) is 0 Å². The normalized spacial score (nSPS) is 20.1. The van der Waals surface area contributed by atoms with Crippen LogP contribution >= 0.6 is 0 Å². The Morgan fingerprint density at radius 2 is 2.10 bits per heavy atom. The van der Waals surface area contributed by atoms with Crippen molar-refractivity contribution in [2.75, 3.05) is 18.0 Å². The fraction of sp³-hybridized carbons (Fsp3) is 0.688. The minimum atomic E-state index is 0.246. The summed E-state index contributed by atoms with van der Waals surface area (Å²) >= 11 is 0. The molecule has 1 aromatic heterocycles. The van der Waals surface area contributed by atoms with Gasteiger partial charge in [-0.2, -0.15) is 0 Å². The molecule has 0 bridgehead atoms. The summed E-state index contributed by atoms with van der Waals surface area (Å²) in [5.74, 6) is 2.59. The van der Waals surface area contributed by atoms with Gasteiger partial charge in [-0.25, -0.2) is 9.97 Å². The number of carbonyl (C=O) groups is 1. The zero-order valence-corrected chi connectivity index (χ0v) is 12.7. The summed E-state index contributed by atoms with van der Waals surface area (Å²) in [6.07, 6.45) is 8.24. The molecule has 1 aliphatic heterocycles. The third kappa shape index (κ3) is 3.71. The molecule has 1 aliphatic carbocycles. The van der Waals surface area contributed by atoms with Gasteiger partial charge in [-0.05, 0) is 51.0 Å². The standard InChI is InChI=1S/C16H24N4O/c1-12-17-8-5-15(18-12)20-9-6-13(7-10-20)11-16(21)19-14-3-2-4-14/h5,8,13-14H,2-4,6-7,9-11H2,1H3,(H,19,21). The molecule has 3 rings (SSSR count). The predicted molar refractivity (Wildman–Crippen MR) is 82.1 cm³/mol. The maximum atomic E-state index is 12.0. The molecule has 0 radical (unpaired) electrons. The second-order valence-electron chi connectivity index (χ2n) is 6.29. The average Bonchev–Trinajstić information content (AvgIpc) is 2.44. The first-order valence-corrected chi connectivity index (χ1v) is 8.04. The van der Waals surface area contributed by atoms with E-state index in [9.17, 15) is 4.79 Å². The summed E-state index contributed by atoms with van der Waals surface area (Å²) in [6, 6.07) is 2.43. The number of hydrogen-bond donors (Lipinski definition) is 1. The number of hydrogen-bond acceptors (Lipinski definition) is 4. The van der Waals surface area contributed by atoms with Gasteiger partial charge >= 0.3 is 0 Å². The number of rotatable bonds is 4. The molecule has 1 aromatic rings. The fourth-order valence-corrected chi connectivity index (χ4v) is 3.09. The molecule has 21 heavy (non-hydrogen) atoms. The van der Waals surface area contributed by atoms with Crippen molar-refractivity contribution in [1.82, 2.24) is 15.3 Å². The van der Waals surface area contributed by atoms with Crippen LogP contribution in [-0.4, -0.2) is 35.0 Å². The lowest BCUT2D eigenvalue weighted by atomic mass is 9.90. The maximum absolute atomic E-state index is 12.0. The molecule has 2 fully saturated rings. The van der Waals surface area contributed by atoms with Gasteiger partial charge < -0.3 is 10.2 Å². The molecule has 0 spiro atoms. The maximum Gasteiger partial charge on any atom is 0.220 e. The van der Waals surface area contributed by atoms with Crippen molar-refractivity contribution in [3.8, 4) is 0 Å². The molecule has 0 atom stereocenters. The second kappa shape index (κ2) is 6.41. The number of nitrogens with one attached hydrogen (secondary N) is 1. The van der Waals surface area contributed by atoms with Crippen molar-refractivity contribution in [2.45, 2.75) is 51.5 Å². The lowest BCUT2D eigenvalue weighted by Gasteiger charge is -2.33. The first kappa shape index (κ1) is 14.3. The number of aromatic nitrogens is 2. The first-order chi connectivity index (χ1) is 10.2. The van der Waals surface area contributed by atoms with Crippen LogP contribution < -0.4 is 10.2 Å².